The van der Waals surface area contributed by atoms with Gasteiger partial charge in [-0.2, -0.15) is 0 Å². The molecule has 20 heavy (non-hydrogen) atoms. The molecule has 0 bridgehead atoms. The monoisotopic (exact) mass is 356 g/mol. The fourth-order valence-electron chi connectivity index (χ4n) is 2.24. The Bertz CT molecular complexity index is 627. The minimum atomic E-state index is -0.821. The Labute approximate surface area is 130 Å². The molecule has 108 valence electrons. The van der Waals surface area contributed by atoms with Crippen LogP contribution in [-0.4, -0.2) is 26.4 Å². The fourth-order valence-corrected chi connectivity index (χ4v) is 3.43. The van der Waals surface area contributed by atoms with Gasteiger partial charge in [0.1, 0.15) is 0 Å². The van der Waals surface area contributed by atoms with Crippen molar-refractivity contribution in [1.29, 1.82) is 0 Å². The number of imidazole rings is 1. The second kappa shape index (κ2) is 6.63. The van der Waals surface area contributed by atoms with Crippen molar-refractivity contribution < 1.29 is 9.90 Å². The number of hydrogen-bond donors (Lipinski definition) is 1. The summed E-state index contributed by atoms with van der Waals surface area (Å²) in [5.41, 5.74) is 1.96. The number of carboxylic acids is 1. The molecule has 1 aromatic carbocycles. The molecule has 2 aromatic rings. The molecular formula is C14H17BrN2O2S. The maximum atomic E-state index is 10.8. The van der Waals surface area contributed by atoms with Crippen LogP contribution in [0.4, 0.5) is 0 Å². The highest BCUT2D eigenvalue weighted by Gasteiger charge is 2.17. The summed E-state index contributed by atoms with van der Waals surface area (Å²) in [4.78, 5) is 15.4. The van der Waals surface area contributed by atoms with E-state index in [4.69, 9.17) is 5.11 Å². The lowest BCUT2D eigenvalue weighted by atomic mass is 10.2. The quantitative estimate of drug-likeness (QED) is 0.782. The van der Waals surface area contributed by atoms with Crippen molar-refractivity contribution in [3.05, 3.63) is 22.7 Å². The molecule has 0 aliphatic carbocycles. The predicted molar refractivity (Wildman–Crippen MR) is 85.4 cm³/mol. The smallest absolute Gasteiger partial charge is 0.313 e. The number of nitrogens with zero attached hydrogens (tertiary/aromatic N) is 2. The lowest BCUT2D eigenvalue weighted by Crippen LogP contribution is -2.08. The summed E-state index contributed by atoms with van der Waals surface area (Å²) < 4.78 is 3.15. The molecule has 0 aliphatic heterocycles. The normalized spacial score (nSPS) is 12.8. The summed E-state index contributed by atoms with van der Waals surface area (Å²) in [5.74, 6) is -0.790. The van der Waals surface area contributed by atoms with E-state index >= 15 is 0 Å². The number of benzene rings is 1. The highest BCUT2D eigenvalue weighted by atomic mass is 79.9. The number of fused-ring (bicyclic) bond motifs is 1. The molecule has 1 N–H and O–H groups in total. The first-order valence-electron chi connectivity index (χ1n) is 6.55. The van der Waals surface area contributed by atoms with E-state index in [1.807, 2.05) is 18.2 Å². The standard InChI is InChI=1S/C14H17BrN2O2S/c1-3-4-9(2)17-12-7-10(15)5-6-11(12)16-14(17)20-8-13(18)19/h5-7,9H,3-4,8H2,1-2H3,(H,18,19). The molecule has 1 unspecified atom stereocenters. The summed E-state index contributed by atoms with van der Waals surface area (Å²) in [7, 11) is 0. The Morgan fingerprint density at radius 1 is 1.55 bits per heavy atom. The van der Waals surface area contributed by atoms with Gasteiger partial charge < -0.3 is 9.67 Å². The summed E-state index contributed by atoms with van der Waals surface area (Å²) in [6.45, 7) is 4.30. The topological polar surface area (TPSA) is 55.1 Å². The van der Waals surface area contributed by atoms with E-state index in [1.54, 1.807) is 0 Å². The average Bonchev–Trinajstić information content (AvgIpc) is 2.74. The van der Waals surface area contributed by atoms with E-state index in [2.05, 4.69) is 39.3 Å². The lowest BCUT2D eigenvalue weighted by molar-refractivity contribution is -0.133. The Morgan fingerprint density at radius 2 is 2.30 bits per heavy atom. The number of aliphatic carboxylic acids is 1. The molecule has 0 radical (unpaired) electrons. The Balaban J connectivity index is 2.48. The van der Waals surface area contributed by atoms with E-state index in [0.717, 1.165) is 33.5 Å². The molecule has 2 rings (SSSR count). The first-order chi connectivity index (χ1) is 9.52. The van der Waals surface area contributed by atoms with E-state index in [-0.39, 0.29) is 5.75 Å². The van der Waals surface area contributed by atoms with Gasteiger partial charge in [0.15, 0.2) is 5.16 Å². The van der Waals surface area contributed by atoms with Crippen LogP contribution in [0.5, 0.6) is 0 Å². The molecule has 0 saturated heterocycles. The Hall–Kier alpha value is -1.01. The number of rotatable bonds is 6. The molecule has 0 saturated carbocycles. The number of carbonyl (C=O) groups is 1. The van der Waals surface area contributed by atoms with E-state index in [1.165, 1.54) is 11.8 Å². The number of aromatic nitrogens is 2. The van der Waals surface area contributed by atoms with Crippen molar-refractivity contribution in [2.45, 2.75) is 37.9 Å². The van der Waals surface area contributed by atoms with Gasteiger partial charge >= 0.3 is 5.97 Å². The highest BCUT2D eigenvalue weighted by Crippen LogP contribution is 2.31. The first kappa shape index (κ1) is 15.4. The van der Waals surface area contributed by atoms with Crippen molar-refractivity contribution in [3.63, 3.8) is 0 Å². The molecule has 0 aliphatic rings. The van der Waals surface area contributed by atoms with Gasteiger partial charge in [0.25, 0.3) is 0 Å². The third kappa shape index (κ3) is 3.35. The maximum absolute atomic E-state index is 10.8. The van der Waals surface area contributed by atoms with Crippen LogP contribution < -0.4 is 0 Å². The van der Waals surface area contributed by atoms with E-state index < -0.39 is 5.97 Å². The zero-order valence-electron chi connectivity index (χ0n) is 11.5. The van der Waals surface area contributed by atoms with E-state index in [9.17, 15) is 4.79 Å². The first-order valence-corrected chi connectivity index (χ1v) is 8.33. The molecule has 0 fully saturated rings. The predicted octanol–water partition coefficient (Wildman–Crippen LogP) is 4.34. The van der Waals surface area contributed by atoms with Crippen LogP contribution in [-0.2, 0) is 4.79 Å². The van der Waals surface area contributed by atoms with Crippen LogP contribution in [0, 0.1) is 0 Å². The van der Waals surface area contributed by atoms with Gasteiger partial charge in [0.05, 0.1) is 16.8 Å². The second-order valence-corrected chi connectivity index (χ2v) is 6.58. The number of hydrogen-bond acceptors (Lipinski definition) is 3. The van der Waals surface area contributed by atoms with Crippen molar-refractivity contribution in [1.82, 2.24) is 9.55 Å². The second-order valence-electron chi connectivity index (χ2n) is 4.72. The Morgan fingerprint density at radius 3 is 2.95 bits per heavy atom. The largest absolute Gasteiger partial charge is 0.481 e. The van der Waals surface area contributed by atoms with Crippen LogP contribution in [0.15, 0.2) is 27.8 Å². The molecule has 0 amide bonds. The van der Waals surface area contributed by atoms with Gasteiger partial charge in [-0.25, -0.2) is 4.98 Å². The molecule has 6 heteroatoms. The minimum absolute atomic E-state index is 0.0311. The minimum Gasteiger partial charge on any atom is -0.481 e. The number of thioether (sulfide) groups is 1. The van der Waals surface area contributed by atoms with Gasteiger partial charge in [0, 0.05) is 10.5 Å². The van der Waals surface area contributed by atoms with Crippen LogP contribution in [0.2, 0.25) is 0 Å². The third-order valence-electron chi connectivity index (χ3n) is 3.09. The molecule has 1 heterocycles. The van der Waals surface area contributed by atoms with E-state index in [0.29, 0.717) is 6.04 Å². The van der Waals surface area contributed by atoms with Gasteiger partial charge in [-0.3, -0.25) is 4.79 Å². The number of halogens is 1. The van der Waals surface area contributed by atoms with Crippen LogP contribution >= 0.6 is 27.7 Å². The average molecular weight is 357 g/mol. The summed E-state index contributed by atoms with van der Waals surface area (Å²) in [6, 6.07) is 6.25. The van der Waals surface area contributed by atoms with Gasteiger partial charge in [-0.15, -0.1) is 0 Å². The van der Waals surface area contributed by atoms with Crippen molar-refractivity contribution in [3.8, 4) is 0 Å². The Kier molecular flexibility index (Phi) is 5.10. The number of carboxylic acid groups (broad SMARTS) is 1. The zero-order valence-corrected chi connectivity index (χ0v) is 13.9. The highest BCUT2D eigenvalue weighted by molar-refractivity contribution is 9.10. The molecular weight excluding hydrogens is 340 g/mol. The maximum Gasteiger partial charge on any atom is 0.313 e. The van der Waals surface area contributed by atoms with Crippen molar-refractivity contribution in [2.24, 2.45) is 0 Å². The lowest BCUT2D eigenvalue weighted by Gasteiger charge is -2.16. The fraction of sp³-hybridized carbons (Fsp3) is 0.429. The van der Waals surface area contributed by atoms with Gasteiger partial charge in [0.2, 0.25) is 0 Å². The third-order valence-corrected chi connectivity index (χ3v) is 4.52. The summed E-state index contributed by atoms with van der Waals surface area (Å²) in [5, 5.41) is 9.64. The zero-order chi connectivity index (χ0) is 14.7. The molecule has 4 nitrogen and oxygen atoms in total. The molecule has 1 atom stereocenters. The summed E-state index contributed by atoms with van der Waals surface area (Å²) >= 11 is 4.76. The molecule has 1 aromatic heterocycles. The summed E-state index contributed by atoms with van der Waals surface area (Å²) in [6.07, 6.45) is 2.12. The molecule has 0 spiro atoms. The van der Waals surface area contributed by atoms with Gasteiger partial charge in [-0.05, 0) is 31.5 Å². The van der Waals surface area contributed by atoms with Gasteiger partial charge in [-0.1, -0.05) is 41.0 Å². The van der Waals surface area contributed by atoms with Crippen LogP contribution in [0.1, 0.15) is 32.7 Å². The van der Waals surface area contributed by atoms with Crippen molar-refractivity contribution in [2.75, 3.05) is 5.75 Å². The van der Waals surface area contributed by atoms with Crippen molar-refractivity contribution >= 4 is 44.7 Å². The van der Waals surface area contributed by atoms with Crippen LogP contribution in [0.3, 0.4) is 0 Å². The SMILES string of the molecule is CCCC(C)n1c(SCC(=O)O)nc2ccc(Br)cc21. The van der Waals surface area contributed by atoms with Crippen LogP contribution in [0.25, 0.3) is 11.0 Å².